The van der Waals surface area contributed by atoms with Crippen molar-refractivity contribution in [3.8, 4) is 5.75 Å². The Labute approximate surface area is 77.8 Å². The molecule has 0 aliphatic rings. The summed E-state index contributed by atoms with van der Waals surface area (Å²) in [5.74, 6) is 0.288. The third kappa shape index (κ3) is 2.36. The molecule has 0 saturated carbocycles. The number of nitrogens with two attached hydrogens (primary N) is 1. The van der Waals surface area contributed by atoms with E-state index in [1.807, 2.05) is 13.0 Å². The number of aliphatic hydroxyl groups is 1. The smallest absolute Gasteiger partial charge is 0.141 e. The Morgan fingerprint density at radius 3 is 2.77 bits per heavy atom. The molecule has 0 saturated heterocycles. The molecule has 1 aromatic rings. The van der Waals surface area contributed by atoms with Crippen molar-refractivity contribution in [1.82, 2.24) is 0 Å². The van der Waals surface area contributed by atoms with E-state index >= 15 is 0 Å². The van der Waals surface area contributed by atoms with Crippen LogP contribution in [-0.4, -0.2) is 16.8 Å². The van der Waals surface area contributed by atoms with Crippen LogP contribution in [0.15, 0.2) is 18.2 Å². The lowest BCUT2D eigenvalue weighted by Crippen LogP contribution is -2.05. The van der Waals surface area contributed by atoms with Crippen LogP contribution in [0.3, 0.4) is 0 Å². The van der Waals surface area contributed by atoms with Crippen LogP contribution in [0.1, 0.15) is 12.5 Å². The molecule has 0 spiro atoms. The number of hydrogen-bond acceptors (Lipinski definition) is 3. The Hall–Kier alpha value is -1.22. The minimum atomic E-state index is 0.119. The molecule has 0 radical (unpaired) electrons. The third-order valence-corrected chi connectivity index (χ3v) is 2.03. The topological polar surface area (TPSA) is 66.5 Å². The first-order chi connectivity index (χ1) is 6.15. The summed E-state index contributed by atoms with van der Waals surface area (Å²) >= 11 is 0. The molecule has 3 heteroatoms. The summed E-state index contributed by atoms with van der Waals surface area (Å²) in [4.78, 5) is 0. The number of rotatable bonds is 3. The quantitative estimate of drug-likeness (QED) is 0.484. The van der Waals surface area contributed by atoms with Gasteiger partial charge in [-0.3, -0.25) is 0 Å². The second kappa shape index (κ2) is 4.14. The Balaban J connectivity index is 2.83. The van der Waals surface area contributed by atoms with Crippen LogP contribution in [0.2, 0.25) is 0 Å². The first-order valence-electron chi connectivity index (χ1n) is 4.32. The van der Waals surface area contributed by atoms with Crippen molar-refractivity contribution in [2.75, 3.05) is 12.3 Å². The van der Waals surface area contributed by atoms with Crippen molar-refractivity contribution in [3.05, 3.63) is 23.8 Å². The number of phenols is 1. The Kier molecular flexibility index (Phi) is 3.14. The van der Waals surface area contributed by atoms with Crippen LogP contribution in [0.4, 0.5) is 5.69 Å². The van der Waals surface area contributed by atoms with Crippen molar-refractivity contribution in [2.24, 2.45) is 5.92 Å². The van der Waals surface area contributed by atoms with Gasteiger partial charge in [-0.15, -0.1) is 0 Å². The molecule has 0 aliphatic carbocycles. The van der Waals surface area contributed by atoms with Crippen molar-refractivity contribution >= 4 is 5.69 Å². The van der Waals surface area contributed by atoms with Gasteiger partial charge in [-0.1, -0.05) is 19.1 Å². The van der Waals surface area contributed by atoms with Gasteiger partial charge in [0.1, 0.15) is 5.75 Å². The summed E-state index contributed by atoms with van der Waals surface area (Å²) in [7, 11) is 0. The van der Waals surface area contributed by atoms with Crippen LogP contribution in [-0.2, 0) is 6.42 Å². The standard InChI is InChI=1S/C10H15NO2/c1-7(6-12)5-8-3-2-4-9(11)10(8)13/h2-4,7,12-13H,5-6,11H2,1H3. The predicted molar refractivity (Wildman–Crippen MR) is 52.5 cm³/mol. The van der Waals surface area contributed by atoms with Gasteiger partial charge in [0.25, 0.3) is 0 Å². The van der Waals surface area contributed by atoms with E-state index in [1.54, 1.807) is 12.1 Å². The molecular formula is C10H15NO2. The lowest BCUT2D eigenvalue weighted by molar-refractivity contribution is 0.236. The number of aliphatic hydroxyl groups excluding tert-OH is 1. The van der Waals surface area contributed by atoms with Gasteiger partial charge in [0, 0.05) is 6.61 Å². The lowest BCUT2D eigenvalue weighted by atomic mass is 10.0. The highest BCUT2D eigenvalue weighted by atomic mass is 16.3. The van der Waals surface area contributed by atoms with Gasteiger partial charge in [-0.2, -0.15) is 0 Å². The molecule has 1 aromatic carbocycles. The number of aromatic hydroxyl groups is 1. The summed E-state index contributed by atoms with van der Waals surface area (Å²) in [5.41, 5.74) is 6.71. The molecular weight excluding hydrogens is 166 g/mol. The fraction of sp³-hybridized carbons (Fsp3) is 0.400. The Bertz CT molecular complexity index is 286. The molecule has 4 N–H and O–H groups in total. The molecule has 0 aromatic heterocycles. The zero-order valence-electron chi connectivity index (χ0n) is 7.70. The number of para-hydroxylation sites is 1. The molecule has 0 bridgehead atoms. The van der Waals surface area contributed by atoms with Gasteiger partial charge < -0.3 is 15.9 Å². The molecule has 1 atom stereocenters. The maximum Gasteiger partial charge on any atom is 0.141 e. The number of anilines is 1. The first-order valence-corrected chi connectivity index (χ1v) is 4.32. The zero-order valence-corrected chi connectivity index (χ0v) is 7.70. The van der Waals surface area contributed by atoms with E-state index < -0.39 is 0 Å². The third-order valence-electron chi connectivity index (χ3n) is 2.03. The number of benzene rings is 1. The van der Waals surface area contributed by atoms with Crippen LogP contribution in [0.5, 0.6) is 5.75 Å². The first kappa shape index (κ1) is 9.86. The SMILES string of the molecule is CC(CO)Cc1cccc(N)c1O. The van der Waals surface area contributed by atoms with E-state index in [9.17, 15) is 5.11 Å². The van der Waals surface area contributed by atoms with Gasteiger partial charge in [0.15, 0.2) is 0 Å². The molecule has 1 unspecified atom stereocenters. The molecule has 0 heterocycles. The van der Waals surface area contributed by atoms with E-state index in [0.717, 1.165) is 5.56 Å². The minimum Gasteiger partial charge on any atom is -0.506 e. The van der Waals surface area contributed by atoms with Crippen molar-refractivity contribution in [1.29, 1.82) is 0 Å². The van der Waals surface area contributed by atoms with Gasteiger partial charge >= 0.3 is 0 Å². The summed E-state index contributed by atoms with van der Waals surface area (Å²) in [6.45, 7) is 2.04. The molecule has 0 amide bonds. The highest BCUT2D eigenvalue weighted by Crippen LogP contribution is 2.26. The normalized spacial score (nSPS) is 12.8. The molecule has 3 nitrogen and oxygen atoms in total. The Morgan fingerprint density at radius 1 is 1.46 bits per heavy atom. The van der Waals surface area contributed by atoms with Crippen LogP contribution < -0.4 is 5.73 Å². The molecule has 0 fully saturated rings. The van der Waals surface area contributed by atoms with Crippen LogP contribution in [0, 0.1) is 5.92 Å². The maximum atomic E-state index is 9.54. The van der Waals surface area contributed by atoms with Gasteiger partial charge in [-0.25, -0.2) is 0 Å². The summed E-state index contributed by atoms with van der Waals surface area (Å²) in [6.07, 6.45) is 0.646. The van der Waals surface area contributed by atoms with E-state index in [4.69, 9.17) is 10.8 Å². The monoisotopic (exact) mass is 181 g/mol. The number of hydrogen-bond donors (Lipinski definition) is 3. The lowest BCUT2D eigenvalue weighted by Gasteiger charge is -2.10. The highest BCUT2D eigenvalue weighted by Gasteiger charge is 2.07. The van der Waals surface area contributed by atoms with Gasteiger partial charge in [0.2, 0.25) is 0 Å². The van der Waals surface area contributed by atoms with Gasteiger partial charge in [-0.05, 0) is 24.0 Å². The maximum absolute atomic E-state index is 9.54. The number of phenolic OH excluding ortho intramolecular Hbond substituents is 1. The zero-order chi connectivity index (χ0) is 9.84. The summed E-state index contributed by atoms with van der Waals surface area (Å²) in [5, 5.41) is 18.4. The fourth-order valence-electron chi connectivity index (χ4n) is 1.22. The van der Waals surface area contributed by atoms with Gasteiger partial charge in [0.05, 0.1) is 5.69 Å². The second-order valence-corrected chi connectivity index (χ2v) is 3.35. The van der Waals surface area contributed by atoms with E-state index in [-0.39, 0.29) is 18.3 Å². The van der Waals surface area contributed by atoms with E-state index in [0.29, 0.717) is 12.1 Å². The predicted octanol–water partition coefficient (Wildman–Crippen LogP) is 1.15. The number of nitrogen functional groups attached to an aromatic ring is 1. The molecule has 1 rings (SSSR count). The summed E-state index contributed by atoms with van der Waals surface area (Å²) < 4.78 is 0. The highest BCUT2D eigenvalue weighted by molar-refractivity contribution is 5.55. The van der Waals surface area contributed by atoms with Crippen LogP contribution >= 0.6 is 0 Å². The Morgan fingerprint density at radius 2 is 2.15 bits per heavy atom. The fourth-order valence-corrected chi connectivity index (χ4v) is 1.22. The summed E-state index contributed by atoms with van der Waals surface area (Å²) in [6, 6.07) is 5.27. The minimum absolute atomic E-state index is 0.119. The average Bonchev–Trinajstić information content (AvgIpc) is 2.13. The van der Waals surface area contributed by atoms with E-state index in [1.165, 1.54) is 0 Å². The molecule has 13 heavy (non-hydrogen) atoms. The second-order valence-electron chi connectivity index (χ2n) is 3.35. The average molecular weight is 181 g/mol. The largest absolute Gasteiger partial charge is 0.506 e. The van der Waals surface area contributed by atoms with E-state index in [2.05, 4.69) is 0 Å². The van der Waals surface area contributed by atoms with Crippen molar-refractivity contribution < 1.29 is 10.2 Å². The molecule has 0 aliphatic heterocycles. The molecule has 72 valence electrons. The van der Waals surface area contributed by atoms with Crippen molar-refractivity contribution in [2.45, 2.75) is 13.3 Å². The van der Waals surface area contributed by atoms with Crippen molar-refractivity contribution in [3.63, 3.8) is 0 Å². The van der Waals surface area contributed by atoms with Crippen LogP contribution in [0.25, 0.3) is 0 Å².